The van der Waals surface area contributed by atoms with Crippen LogP contribution in [0.3, 0.4) is 0 Å². The second kappa shape index (κ2) is 5.68. The van der Waals surface area contributed by atoms with Crippen molar-refractivity contribution in [2.24, 2.45) is 0 Å². The number of carbonyl (C=O) groups is 2. The number of amides is 1. The Labute approximate surface area is 71.1 Å². The van der Waals surface area contributed by atoms with Gasteiger partial charge in [0.1, 0.15) is 12.3 Å². The topological polar surface area (TPSA) is 78.4 Å². The summed E-state index contributed by atoms with van der Waals surface area (Å²) in [5.74, 6) is -0.375. The molecular formula is C7H14N2O3. The molecule has 0 radical (unpaired) electrons. The fourth-order valence-electron chi connectivity index (χ4n) is 0.844. The minimum atomic E-state index is -0.776. The maximum absolute atomic E-state index is 11.1. The van der Waals surface area contributed by atoms with E-state index in [1.165, 1.54) is 6.92 Å². The van der Waals surface area contributed by atoms with E-state index in [2.05, 4.69) is 10.6 Å². The number of aldehydes is 1. The van der Waals surface area contributed by atoms with Crippen molar-refractivity contribution in [2.75, 3.05) is 13.6 Å². The summed E-state index contributed by atoms with van der Waals surface area (Å²) in [5, 5.41) is 14.0. The molecule has 2 unspecified atom stereocenters. The molecule has 0 aliphatic rings. The number of likely N-dealkylation sites (N-methyl/N-ethyl adjacent to an activating group) is 1. The zero-order chi connectivity index (χ0) is 9.56. The van der Waals surface area contributed by atoms with Crippen molar-refractivity contribution in [3.8, 4) is 0 Å². The van der Waals surface area contributed by atoms with Gasteiger partial charge in [0.05, 0.1) is 12.6 Å². The summed E-state index contributed by atoms with van der Waals surface area (Å²) in [6.45, 7) is 1.48. The second-order valence-corrected chi connectivity index (χ2v) is 2.42. The van der Waals surface area contributed by atoms with Gasteiger partial charge in [0.15, 0.2) is 0 Å². The molecule has 0 aromatic carbocycles. The lowest BCUT2D eigenvalue weighted by Crippen LogP contribution is -2.49. The number of nitrogens with one attached hydrogen (secondary N) is 2. The molecule has 0 spiro atoms. The van der Waals surface area contributed by atoms with Crippen LogP contribution >= 0.6 is 0 Å². The Hall–Kier alpha value is -0.940. The average molecular weight is 174 g/mol. The molecule has 0 rings (SSSR count). The maximum Gasteiger partial charge on any atom is 0.240 e. The lowest BCUT2D eigenvalue weighted by molar-refractivity contribution is -0.126. The third kappa shape index (κ3) is 3.45. The first-order valence-corrected chi connectivity index (χ1v) is 3.70. The number of aliphatic hydroxyl groups excluding tert-OH is 1. The highest BCUT2D eigenvalue weighted by molar-refractivity contribution is 5.83. The molecule has 0 aromatic heterocycles. The predicted octanol–water partition coefficient (Wildman–Crippen LogP) is -1.73. The van der Waals surface area contributed by atoms with E-state index in [1.54, 1.807) is 7.05 Å². The highest BCUT2D eigenvalue weighted by atomic mass is 16.3. The molecule has 70 valence electrons. The van der Waals surface area contributed by atoms with Gasteiger partial charge >= 0.3 is 0 Å². The van der Waals surface area contributed by atoms with Crippen LogP contribution in [0.25, 0.3) is 0 Å². The van der Waals surface area contributed by atoms with Crippen molar-refractivity contribution in [1.29, 1.82) is 0 Å². The zero-order valence-corrected chi connectivity index (χ0v) is 7.20. The van der Waals surface area contributed by atoms with E-state index in [4.69, 9.17) is 5.11 Å². The van der Waals surface area contributed by atoms with Crippen molar-refractivity contribution < 1.29 is 14.7 Å². The van der Waals surface area contributed by atoms with Gasteiger partial charge < -0.3 is 20.5 Å². The van der Waals surface area contributed by atoms with Gasteiger partial charge in [-0.25, -0.2) is 0 Å². The standard InChI is InChI=1S/C7H14N2O3/c1-5(11)6(8-2)7(12)9-3-4-10/h4-6,8,11H,3H2,1-2H3,(H,9,12). The van der Waals surface area contributed by atoms with E-state index in [1.807, 2.05) is 0 Å². The van der Waals surface area contributed by atoms with E-state index in [9.17, 15) is 9.59 Å². The van der Waals surface area contributed by atoms with Gasteiger partial charge in [-0.1, -0.05) is 0 Å². The van der Waals surface area contributed by atoms with Crippen LogP contribution in [-0.2, 0) is 9.59 Å². The molecular weight excluding hydrogens is 160 g/mol. The van der Waals surface area contributed by atoms with Crippen LogP contribution in [0.2, 0.25) is 0 Å². The first-order valence-electron chi connectivity index (χ1n) is 3.70. The summed E-state index contributed by atoms with van der Waals surface area (Å²) in [7, 11) is 1.57. The van der Waals surface area contributed by atoms with E-state index in [-0.39, 0.29) is 12.5 Å². The highest BCUT2D eigenvalue weighted by Crippen LogP contribution is 1.90. The molecule has 5 heteroatoms. The predicted molar refractivity (Wildman–Crippen MR) is 43.6 cm³/mol. The van der Waals surface area contributed by atoms with Crippen LogP contribution < -0.4 is 10.6 Å². The van der Waals surface area contributed by atoms with Crippen LogP contribution in [0.5, 0.6) is 0 Å². The van der Waals surface area contributed by atoms with Gasteiger partial charge in [-0.05, 0) is 14.0 Å². The fraction of sp³-hybridized carbons (Fsp3) is 0.714. The van der Waals surface area contributed by atoms with Gasteiger partial charge in [-0.3, -0.25) is 4.79 Å². The van der Waals surface area contributed by atoms with Crippen molar-refractivity contribution in [3.05, 3.63) is 0 Å². The molecule has 2 atom stereocenters. The third-order valence-electron chi connectivity index (χ3n) is 1.44. The van der Waals surface area contributed by atoms with E-state index >= 15 is 0 Å². The van der Waals surface area contributed by atoms with Gasteiger partial charge in [0.25, 0.3) is 0 Å². The molecule has 0 saturated heterocycles. The van der Waals surface area contributed by atoms with Crippen molar-refractivity contribution in [3.63, 3.8) is 0 Å². The van der Waals surface area contributed by atoms with Crippen LogP contribution in [-0.4, -0.2) is 43.0 Å². The van der Waals surface area contributed by atoms with E-state index < -0.39 is 12.1 Å². The van der Waals surface area contributed by atoms with Gasteiger partial charge in [0.2, 0.25) is 5.91 Å². The summed E-state index contributed by atoms with van der Waals surface area (Å²) in [6, 6.07) is -0.662. The fourth-order valence-corrected chi connectivity index (χ4v) is 0.844. The summed E-state index contributed by atoms with van der Waals surface area (Å²) in [6.07, 6.45) is -0.186. The highest BCUT2D eigenvalue weighted by Gasteiger charge is 2.20. The summed E-state index contributed by atoms with van der Waals surface area (Å²) in [5.41, 5.74) is 0. The minimum Gasteiger partial charge on any atom is -0.391 e. The molecule has 3 N–H and O–H groups in total. The second-order valence-electron chi connectivity index (χ2n) is 2.42. The maximum atomic E-state index is 11.1. The van der Waals surface area contributed by atoms with Crippen molar-refractivity contribution in [2.45, 2.75) is 19.1 Å². The van der Waals surface area contributed by atoms with Crippen LogP contribution in [0, 0.1) is 0 Å². The first kappa shape index (κ1) is 11.1. The Bertz CT molecular complexity index is 159. The normalized spacial score (nSPS) is 14.9. The number of rotatable bonds is 5. The lowest BCUT2D eigenvalue weighted by Gasteiger charge is -2.17. The molecule has 5 nitrogen and oxygen atoms in total. The van der Waals surface area contributed by atoms with Crippen LogP contribution in [0.1, 0.15) is 6.92 Å². The minimum absolute atomic E-state index is 0.0241. The van der Waals surface area contributed by atoms with Crippen molar-refractivity contribution in [1.82, 2.24) is 10.6 Å². The van der Waals surface area contributed by atoms with E-state index in [0.717, 1.165) is 0 Å². The van der Waals surface area contributed by atoms with E-state index in [0.29, 0.717) is 6.29 Å². The molecule has 0 saturated carbocycles. The largest absolute Gasteiger partial charge is 0.391 e. The zero-order valence-electron chi connectivity index (χ0n) is 7.20. The quantitative estimate of drug-likeness (QED) is 0.433. The summed E-state index contributed by atoms with van der Waals surface area (Å²) >= 11 is 0. The van der Waals surface area contributed by atoms with Crippen molar-refractivity contribution >= 4 is 12.2 Å². The molecule has 12 heavy (non-hydrogen) atoms. The number of carbonyl (C=O) groups excluding carboxylic acids is 2. The summed E-state index contributed by atoms with van der Waals surface area (Å²) in [4.78, 5) is 21.0. The SMILES string of the molecule is CNC(C(=O)NCC=O)C(C)O. The molecule has 0 aliphatic heterocycles. The third-order valence-corrected chi connectivity index (χ3v) is 1.44. The van der Waals surface area contributed by atoms with Gasteiger partial charge in [-0.2, -0.15) is 0 Å². The molecule has 0 heterocycles. The Morgan fingerprint density at radius 2 is 2.25 bits per heavy atom. The summed E-state index contributed by atoms with van der Waals surface area (Å²) < 4.78 is 0. The molecule has 0 aliphatic carbocycles. The molecule has 0 fully saturated rings. The molecule has 0 aromatic rings. The van der Waals surface area contributed by atoms with Gasteiger partial charge in [0, 0.05) is 0 Å². The lowest BCUT2D eigenvalue weighted by atomic mass is 10.2. The molecule has 1 amide bonds. The van der Waals surface area contributed by atoms with Crippen LogP contribution in [0.4, 0.5) is 0 Å². The Balaban J connectivity index is 3.94. The first-order chi connectivity index (χ1) is 5.63. The smallest absolute Gasteiger partial charge is 0.240 e. The Morgan fingerprint density at radius 1 is 1.67 bits per heavy atom. The monoisotopic (exact) mass is 174 g/mol. The molecule has 0 bridgehead atoms. The Morgan fingerprint density at radius 3 is 2.58 bits per heavy atom. The number of hydrogen-bond donors (Lipinski definition) is 3. The average Bonchev–Trinajstić information content (AvgIpc) is 2.01. The number of hydrogen-bond acceptors (Lipinski definition) is 4. The van der Waals surface area contributed by atoms with Gasteiger partial charge in [-0.15, -0.1) is 0 Å². The van der Waals surface area contributed by atoms with Crippen LogP contribution in [0.15, 0.2) is 0 Å². The Kier molecular flexibility index (Phi) is 5.23. The number of aliphatic hydroxyl groups is 1.